The van der Waals surface area contributed by atoms with E-state index in [1.54, 1.807) is 18.2 Å². The first-order valence-electron chi connectivity index (χ1n) is 6.97. The van der Waals surface area contributed by atoms with Crippen molar-refractivity contribution in [1.29, 1.82) is 0 Å². The fourth-order valence-corrected chi connectivity index (χ4v) is 2.36. The van der Waals surface area contributed by atoms with Crippen molar-refractivity contribution in [2.75, 3.05) is 12.4 Å². The molecule has 0 saturated carbocycles. The molecule has 23 heavy (non-hydrogen) atoms. The van der Waals surface area contributed by atoms with Gasteiger partial charge < -0.3 is 10.1 Å². The van der Waals surface area contributed by atoms with Crippen LogP contribution in [0.2, 0.25) is 5.02 Å². The first-order valence-corrected chi connectivity index (χ1v) is 7.34. The number of nitrogens with zero attached hydrogens (tertiary/aromatic N) is 2. The van der Waals surface area contributed by atoms with Gasteiger partial charge in [-0.2, -0.15) is 0 Å². The summed E-state index contributed by atoms with van der Waals surface area (Å²) < 4.78 is 5.21. The molecule has 0 bridgehead atoms. The van der Waals surface area contributed by atoms with Crippen LogP contribution in [-0.2, 0) is 0 Å². The molecule has 3 aromatic rings. The molecule has 0 fully saturated rings. The number of carbonyl (C=O) groups excluding carboxylic acids is 1. The van der Waals surface area contributed by atoms with Gasteiger partial charge in [0.1, 0.15) is 0 Å². The number of ether oxygens (including phenoxy) is 1. The van der Waals surface area contributed by atoms with Crippen molar-refractivity contribution in [1.82, 2.24) is 9.97 Å². The normalized spacial score (nSPS) is 10.6. The minimum absolute atomic E-state index is 0.130. The number of halogens is 1. The number of para-hydroxylation sites is 2. The molecular formula is C17H14ClN3O2. The Balaban J connectivity index is 2.01. The molecule has 0 saturated heterocycles. The highest BCUT2D eigenvalue weighted by atomic mass is 35.5. The van der Waals surface area contributed by atoms with Gasteiger partial charge in [-0.1, -0.05) is 29.8 Å². The second-order valence-electron chi connectivity index (χ2n) is 4.98. The van der Waals surface area contributed by atoms with E-state index in [1.807, 2.05) is 31.2 Å². The van der Waals surface area contributed by atoms with Crippen molar-refractivity contribution >= 4 is 34.2 Å². The number of hydrogen-bond acceptors (Lipinski definition) is 4. The molecule has 5 nitrogen and oxygen atoms in total. The van der Waals surface area contributed by atoms with Crippen molar-refractivity contribution in [3.63, 3.8) is 0 Å². The number of carbonyl (C=O) groups is 1. The molecular weight excluding hydrogens is 314 g/mol. The summed E-state index contributed by atoms with van der Waals surface area (Å²) in [5.41, 5.74) is 2.95. The lowest BCUT2D eigenvalue weighted by Gasteiger charge is -2.11. The molecule has 1 N–H and O–H groups in total. The maximum atomic E-state index is 12.6. The predicted octanol–water partition coefficient (Wildman–Crippen LogP) is 3.85. The summed E-state index contributed by atoms with van der Waals surface area (Å²) in [7, 11) is 1.46. The van der Waals surface area contributed by atoms with Crippen LogP contribution in [0.25, 0.3) is 11.0 Å². The van der Waals surface area contributed by atoms with Gasteiger partial charge in [0.15, 0.2) is 5.69 Å². The smallest absolute Gasteiger partial charge is 0.279 e. The molecule has 0 radical (unpaired) electrons. The molecule has 0 spiro atoms. The Morgan fingerprint density at radius 3 is 2.52 bits per heavy atom. The quantitative estimate of drug-likeness (QED) is 0.793. The molecule has 0 atom stereocenters. The Kier molecular flexibility index (Phi) is 4.12. The predicted molar refractivity (Wildman–Crippen MR) is 90.2 cm³/mol. The third kappa shape index (κ3) is 3.10. The zero-order chi connectivity index (χ0) is 16.4. The molecule has 3 rings (SSSR count). The van der Waals surface area contributed by atoms with E-state index >= 15 is 0 Å². The molecule has 2 aromatic carbocycles. The number of nitrogens with one attached hydrogen (secondary N) is 1. The highest BCUT2D eigenvalue weighted by Gasteiger charge is 2.18. The van der Waals surface area contributed by atoms with Crippen LogP contribution in [0.4, 0.5) is 5.69 Å². The lowest BCUT2D eigenvalue weighted by Crippen LogP contribution is -2.16. The van der Waals surface area contributed by atoms with Crippen LogP contribution in [-0.4, -0.2) is 23.0 Å². The van der Waals surface area contributed by atoms with E-state index in [2.05, 4.69) is 15.3 Å². The van der Waals surface area contributed by atoms with Gasteiger partial charge >= 0.3 is 0 Å². The van der Waals surface area contributed by atoms with Gasteiger partial charge in [0.05, 0.1) is 18.1 Å². The fourth-order valence-electron chi connectivity index (χ4n) is 2.18. The fraction of sp³-hybridized carbons (Fsp3) is 0.118. The zero-order valence-corrected chi connectivity index (χ0v) is 13.4. The molecule has 6 heteroatoms. The van der Waals surface area contributed by atoms with Crippen LogP contribution in [0.15, 0.2) is 42.5 Å². The van der Waals surface area contributed by atoms with Gasteiger partial charge in [-0.25, -0.2) is 9.97 Å². The SMILES string of the molecule is COc1nc2ccccc2nc1C(=O)Nc1cc(Cl)ccc1C. The Bertz CT molecular complexity index is 896. The van der Waals surface area contributed by atoms with E-state index in [0.717, 1.165) is 5.56 Å². The van der Waals surface area contributed by atoms with Gasteiger partial charge in [-0.05, 0) is 36.8 Å². The second kappa shape index (κ2) is 6.22. The van der Waals surface area contributed by atoms with Crippen LogP contribution < -0.4 is 10.1 Å². The topological polar surface area (TPSA) is 64.1 Å². The summed E-state index contributed by atoms with van der Waals surface area (Å²) in [4.78, 5) is 21.3. The van der Waals surface area contributed by atoms with Crippen LogP contribution in [0.5, 0.6) is 5.88 Å². The zero-order valence-electron chi connectivity index (χ0n) is 12.6. The van der Waals surface area contributed by atoms with Crippen molar-refractivity contribution in [2.24, 2.45) is 0 Å². The van der Waals surface area contributed by atoms with E-state index in [-0.39, 0.29) is 11.6 Å². The lowest BCUT2D eigenvalue weighted by molar-refractivity contribution is 0.101. The maximum absolute atomic E-state index is 12.6. The van der Waals surface area contributed by atoms with E-state index in [4.69, 9.17) is 16.3 Å². The van der Waals surface area contributed by atoms with Gasteiger partial charge in [-0.15, -0.1) is 0 Å². The minimum atomic E-state index is -0.398. The molecule has 1 amide bonds. The summed E-state index contributed by atoms with van der Waals surface area (Å²) in [6.45, 7) is 1.88. The Morgan fingerprint density at radius 2 is 1.83 bits per heavy atom. The first kappa shape index (κ1) is 15.2. The number of amides is 1. The van der Waals surface area contributed by atoms with Gasteiger partial charge in [0.25, 0.3) is 5.91 Å². The highest BCUT2D eigenvalue weighted by Crippen LogP contribution is 2.23. The molecule has 1 heterocycles. The number of benzene rings is 2. The van der Waals surface area contributed by atoms with E-state index in [0.29, 0.717) is 21.7 Å². The van der Waals surface area contributed by atoms with Crippen molar-refractivity contribution < 1.29 is 9.53 Å². The number of rotatable bonds is 3. The number of anilines is 1. The molecule has 1 aromatic heterocycles. The minimum Gasteiger partial charge on any atom is -0.479 e. The molecule has 0 aliphatic heterocycles. The van der Waals surface area contributed by atoms with Gasteiger partial charge in [0, 0.05) is 10.7 Å². The van der Waals surface area contributed by atoms with Crippen molar-refractivity contribution in [2.45, 2.75) is 6.92 Å². The molecule has 0 aliphatic rings. The highest BCUT2D eigenvalue weighted by molar-refractivity contribution is 6.31. The largest absolute Gasteiger partial charge is 0.479 e. The summed E-state index contributed by atoms with van der Waals surface area (Å²) in [6.07, 6.45) is 0. The van der Waals surface area contributed by atoms with Crippen molar-refractivity contribution in [3.05, 3.63) is 58.7 Å². The summed E-state index contributed by atoms with van der Waals surface area (Å²) in [5.74, 6) is -0.216. The summed E-state index contributed by atoms with van der Waals surface area (Å²) in [6, 6.07) is 12.6. The second-order valence-corrected chi connectivity index (χ2v) is 5.42. The van der Waals surface area contributed by atoms with Crippen LogP contribution in [0.1, 0.15) is 16.1 Å². The standard InChI is InChI=1S/C17H14ClN3O2/c1-10-7-8-11(18)9-14(10)20-16(22)15-17(23-2)21-13-6-4-3-5-12(13)19-15/h3-9H,1-2H3,(H,20,22). The lowest BCUT2D eigenvalue weighted by atomic mass is 10.2. The Hall–Kier alpha value is -2.66. The van der Waals surface area contributed by atoms with Crippen LogP contribution >= 0.6 is 11.6 Å². The Morgan fingerprint density at radius 1 is 1.13 bits per heavy atom. The van der Waals surface area contributed by atoms with E-state index in [1.165, 1.54) is 7.11 Å². The van der Waals surface area contributed by atoms with Crippen LogP contribution in [0.3, 0.4) is 0 Å². The average Bonchev–Trinajstić information content (AvgIpc) is 2.56. The molecule has 0 unspecified atom stereocenters. The van der Waals surface area contributed by atoms with E-state index < -0.39 is 5.91 Å². The first-order chi connectivity index (χ1) is 11.1. The number of hydrogen-bond donors (Lipinski definition) is 1. The Labute approximate surface area is 138 Å². The number of methoxy groups -OCH3 is 1. The summed E-state index contributed by atoms with van der Waals surface area (Å²) in [5, 5.41) is 3.34. The van der Waals surface area contributed by atoms with Gasteiger partial charge in [-0.3, -0.25) is 4.79 Å². The third-order valence-corrected chi connectivity index (χ3v) is 3.63. The molecule has 0 aliphatic carbocycles. The average molecular weight is 328 g/mol. The molecule has 116 valence electrons. The van der Waals surface area contributed by atoms with Gasteiger partial charge in [0.2, 0.25) is 5.88 Å². The van der Waals surface area contributed by atoms with Crippen molar-refractivity contribution in [3.8, 4) is 5.88 Å². The monoisotopic (exact) mass is 327 g/mol. The number of fused-ring (bicyclic) bond motifs is 1. The third-order valence-electron chi connectivity index (χ3n) is 3.39. The maximum Gasteiger partial charge on any atom is 0.279 e. The van der Waals surface area contributed by atoms with E-state index in [9.17, 15) is 4.79 Å². The van der Waals surface area contributed by atoms with Crippen LogP contribution in [0, 0.1) is 6.92 Å². The summed E-state index contributed by atoms with van der Waals surface area (Å²) >= 11 is 5.98. The number of aromatic nitrogens is 2. The number of aryl methyl sites for hydroxylation is 1.